The summed E-state index contributed by atoms with van der Waals surface area (Å²) in [6.45, 7) is 0. The first-order valence-corrected chi connectivity index (χ1v) is 23.0. The molecule has 5 unspecified atom stereocenters. The van der Waals surface area contributed by atoms with Gasteiger partial charge in [-0.25, -0.2) is 0 Å². The van der Waals surface area contributed by atoms with E-state index in [1.54, 1.807) is 11.1 Å². The van der Waals surface area contributed by atoms with Gasteiger partial charge < -0.3 is 9.47 Å². The molecular formula is C61H46N2. The van der Waals surface area contributed by atoms with E-state index in [0.29, 0.717) is 0 Å². The summed E-state index contributed by atoms with van der Waals surface area (Å²) in [6.07, 6.45) is 5.57. The maximum atomic E-state index is 2.65. The Hall–Kier alpha value is -7.16. The maximum Gasteiger partial charge on any atom is 0.0541 e. The molecule has 5 aliphatic carbocycles. The van der Waals surface area contributed by atoms with E-state index in [1.807, 2.05) is 0 Å². The molecular weight excluding hydrogens is 761 g/mol. The topological polar surface area (TPSA) is 8.17 Å². The standard InChI is InChI=1S/C61H46N2/c1-2-15-41(16-3-1)50-18-7-11-23-58(50)62(47-28-26-40-14-4-5-17-42(40)34-47)48-35-44(36-49(38-48)63-59-24-12-8-20-53(59)54-21-9-13-25-60(54)63)43-27-29-52-51-19-6-10-22-55(51)61(57(52)37-43)46-31-39-30-45(33-46)56(61)32-39/h1-29,34-39,45-46,56H,30-33H2. The van der Waals surface area contributed by atoms with Crippen LogP contribution in [0.1, 0.15) is 36.8 Å². The zero-order chi connectivity index (χ0) is 41.2. The average molecular weight is 807 g/mol. The van der Waals surface area contributed by atoms with Gasteiger partial charge in [0, 0.05) is 38.8 Å². The Morgan fingerprint density at radius 3 is 1.95 bits per heavy atom. The number of rotatable bonds is 6. The van der Waals surface area contributed by atoms with E-state index in [9.17, 15) is 0 Å². The molecule has 0 aliphatic heterocycles. The molecule has 63 heavy (non-hydrogen) atoms. The fourth-order valence-electron chi connectivity index (χ4n) is 13.6. The highest BCUT2D eigenvalue weighted by Crippen LogP contribution is 2.73. The van der Waals surface area contributed by atoms with Crippen LogP contribution in [0.2, 0.25) is 0 Å². The zero-order valence-electron chi connectivity index (χ0n) is 35.2. The fraction of sp³-hybridized carbons (Fsp3) is 0.148. The van der Waals surface area contributed by atoms with Crippen molar-refractivity contribution in [2.75, 3.05) is 4.90 Å². The van der Waals surface area contributed by atoms with Gasteiger partial charge >= 0.3 is 0 Å². The Balaban J connectivity index is 1.05. The van der Waals surface area contributed by atoms with Gasteiger partial charge in [-0.3, -0.25) is 0 Å². The molecule has 0 amide bonds. The first-order valence-electron chi connectivity index (χ1n) is 23.0. The monoisotopic (exact) mass is 806 g/mol. The van der Waals surface area contributed by atoms with Crippen LogP contribution in [0.3, 0.4) is 0 Å². The van der Waals surface area contributed by atoms with Crippen LogP contribution >= 0.6 is 0 Å². The molecule has 9 aromatic carbocycles. The number of benzene rings is 9. The van der Waals surface area contributed by atoms with Crippen molar-refractivity contribution >= 4 is 49.6 Å². The van der Waals surface area contributed by atoms with Gasteiger partial charge in [-0.15, -0.1) is 0 Å². The second-order valence-electron chi connectivity index (χ2n) is 18.9. The average Bonchev–Trinajstić information content (AvgIpc) is 4.01. The van der Waals surface area contributed by atoms with Gasteiger partial charge in [-0.05, 0) is 154 Å². The van der Waals surface area contributed by atoms with Crippen LogP contribution in [0, 0.1) is 23.7 Å². The normalized spacial score (nSPS) is 21.5. The molecule has 5 aliphatic rings. The number of nitrogens with zero attached hydrogens (tertiary/aromatic N) is 2. The number of para-hydroxylation sites is 3. The maximum absolute atomic E-state index is 2.65. The van der Waals surface area contributed by atoms with Crippen LogP contribution in [0.5, 0.6) is 0 Å². The Kier molecular flexibility index (Phi) is 7.55. The van der Waals surface area contributed by atoms with Gasteiger partial charge in [-0.1, -0.05) is 152 Å². The second kappa shape index (κ2) is 13.4. The smallest absolute Gasteiger partial charge is 0.0541 e. The first kappa shape index (κ1) is 35.4. The molecule has 4 bridgehead atoms. The van der Waals surface area contributed by atoms with Crippen molar-refractivity contribution in [3.05, 3.63) is 217 Å². The van der Waals surface area contributed by atoms with Crippen LogP contribution < -0.4 is 4.90 Å². The number of hydrogen-bond acceptors (Lipinski definition) is 1. The van der Waals surface area contributed by atoms with Gasteiger partial charge in [-0.2, -0.15) is 0 Å². The molecule has 5 atom stereocenters. The molecule has 1 heterocycles. The summed E-state index contributed by atoms with van der Waals surface area (Å²) in [5, 5.41) is 4.99. The molecule has 1 aromatic heterocycles. The summed E-state index contributed by atoms with van der Waals surface area (Å²) in [5.74, 6) is 3.21. The van der Waals surface area contributed by atoms with Crippen LogP contribution in [0.25, 0.3) is 71.6 Å². The molecule has 1 spiro atoms. The van der Waals surface area contributed by atoms with Crippen LogP contribution in [0.15, 0.2) is 206 Å². The Bertz CT molecular complexity index is 3410. The van der Waals surface area contributed by atoms with Crippen LogP contribution in [-0.2, 0) is 5.41 Å². The van der Waals surface area contributed by atoms with E-state index in [-0.39, 0.29) is 5.41 Å². The molecule has 0 N–H and O–H groups in total. The van der Waals surface area contributed by atoms with Gasteiger partial charge in [0.25, 0.3) is 0 Å². The summed E-state index contributed by atoms with van der Waals surface area (Å²) in [7, 11) is 0. The van der Waals surface area contributed by atoms with Crippen molar-refractivity contribution in [3.8, 4) is 39.1 Å². The van der Waals surface area contributed by atoms with E-state index < -0.39 is 0 Å². The number of aromatic nitrogens is 1. The highest BCUT2D eigenvalue weighted by molar-refractivity contribution is 6.09. The molecule has 2 heteroatoms. The predicted molar refractivity (Wildman–Crippen MR) is 262 cm³/mol. The molecule has 300 valence electrons. The lowest BCUT2D eigenvalue weighted by molar-refractivity contribution is 0.191. The molecule has 0 saturated heterocycles. The highest BCUT2D eigenvalue weighted by Gasteiger charge is 2.65. The zero-order valence-corrected chi connectivity index (χ0v) is 35.2. The number of hydrogen-bond donors (Lipinski definition) is 0. The Labute approximate surface area is 368 Å². The van der Waals surface area contributed by atoms with E-state index in [4.69, 9.17) is 0 Å². The van der Waals surface area contributed by atoms with Crippen molar-refractivity contribution in [2.24, 2.45) is 23.7 Å². The lowest BCUT2D eigenvalue weighted by Crippen LogP contribution is -2.40. The Morgan fingerprint density at radius 1 is 0.429 bits per heavy atom. The summed E-state index contributed by atoms with van der Waals surface area (Å²) < 4.78 is 2.50. The third kappa shape index (κ3) is 5.07. The van der Waals surface area contributed by atoms with Gasteiger partial charge in [0.15, 0.2) is 0 Å². The first-order chi connectivity index (χ1) is 31.2. The third-order valence-corrected chi connectivity index (χ3v) is 15.9. The lowest BCUT2D eigenvalue weighted by Gasteiger charge is -2.44. The quantitative estimate of drug-likeness (QED) is 0.162. The van der Waals surface area contributed by atoms with Crippen molar-refractivity contribution in [3.63, 3.8) is 0 Å². The van der Waals surface area contributed by atoms with Gasteiger partial charge in [0.1, 0.15) is 0 Å². The number of anilines is 3. The van der Waals surface area contributed by atoms with Crippen LogP contribution in [0.4, 0.5) is 17.1 Å². The second-order valence-corrected chi connectivity index (χ2v) is 18.9. The molecule has 0 radical (unpaired) electrons. The fourth-order valence-corrected chi connectivity index (χ4v) is 13.6. The lowest BCUT2D eigenvalue weighted by atomic mass is 9.59. The van der Waals surface area contributed by atoms with Gasteiger partial charge in [0.05, 0.1) is 16.7 Å². The number of fused-ring (bicyclic) bond motifs is 7. The minimum Gasteiger partial charge on any atom is -0.310 e. The van der Waals surface area contributed by atoms with Crippen molar-refractivity contribution in [1.82, 2.24) is 4.57 Å². The molecule has 10 aromatic rings. The largest absolute Gasteiger partial charge is 0.310 e. The summed E-state index contributed by atoms with van der Waals surface area (Å²) in [5.41, 5.74) is 18.1. The highest BCUT2D eigenvalue weighted by atomic mass is 15.1. The van der Waals surface area contributed by atoms with E-state index in [1.165, 1.54) is 91.6 Å². The molecule has 4 saturated carbocycles. The Morgan fingerprint density at radius 2 is 1.13 bits per heavy atom. The minimum absolute atomic E-state index is 0.110. The summed E-state index contributed by atoms with van der Waals surface area (Å²) in [6, 6.07) is 77.7. The minimum atomic E-state index is 0.110. The van der Waals surface area contributed by atoms with Crippen molar-refractivity contribution in [2.45, 2.75) is 31.1 Å². The third-order valence-electron chi connectivity index (χ3n) is 15.9. The van der Waals surface area contributed by atoms with Crippen molar-refractivity contribution in [1.29, 1.82) is 0 Å². The predicted octanol–water partition coefficient (Wildman–Crippen LogP) is 16.1. The van der Waals surface area contributed by atoms with E-state index in [0.717, 1.165) is 46.4 Å². The molecule has 2 nitrogen and oxygen atoms in total. The van der Waals surface area contributed by atoms with E-state index in [2.05, 4.69) is 216 Å². The SMILES string of the molecule is c1ccc(-c2ccccc2N(c2cc(-c3ccc4c(c3)C3(c5ccccc5-4)C4CC5CC(C4)C3C5)cc(-n3c4ccccc4c4ccccc43)c2)c2ccc3ccccc3c2)cc1. The van der Waals surface area contributed by atoms with Crippen LogP contribution in [-0.4, -0.2) is 4.57 Å². The summed E-state index contributed by atoms with van der Waals surface area (Å²) in [4.78, 5) is 2.51. The van der Waals surface area contributed by atoms with Gasteiger partial charge in [0.2, 0.25) is 0 Å². The molecule has 15 rings (SSSR count). The summed E-state index contributed by atoms with van der Waals surface area (Å²) >= 11 is 0. The molecule has 4 fully saturated rings. The van der Waals surface area contributed by atoms with Crippen molar-refractivity contribution < 1.29 is 0 Å². The van der Waals surface area contributed by atoms with E-state index >= 15 is 0 Å².